The van der Waals surface area contributed by atoms with E-state index in [1.165, 1.54) is 12.3 Å². The van der Waals surface area contributed by atoms with Gasteiger partial charge in [0.25, 0.3) is 11.8 Å². The average molecular weight is 383 g/mol. The van der Waals surface area contributed by atoms with E-state index in [9.17, 15) is 9.59 Å². The number of carbonyl (C=O) groups excluding carboxylic acids is 2. The van der Waals surface area contributed by atoms with Crippen LogP contribution in [0.5, 0.6) is 0 Å². The number of nitrogens with zero attached hydrogens (tertiary/aromatic N) is 2. The number of amides is 2. The molecule has 1 aromatic heterocycles. The number of hydroxylamine groups is 1. The first-order chi connectivity index (χ1) is 13.5. The lowest BCUT2D eigenvalue weighted by Gasteiger charge is -2.44. The molecular formula is C21H25N3O4. The van der Waals surface area contributed by atoms with Gasteiger partial charge in [-0.05, 0) is 43.2 Å². The molecule has 1 saturated heterocycles. The molecule has 1 aromatic carbocycles. The molecule has 0 radical (unpaired) electrons. The van der Waals surface area contributed by atoms with Gasteiger partial charge in [0.2, 0.25) is 0 Å². The Hall–Kier alpha value is -2.90. The maximum Gasteiger partial charge on any atom is 0.290 e. The van der Waals surface area contributed by atoms with Crippen LogP contribution in [0.25, 0.3) is 6.08 Å². The van der Waals surface area contributed by atoms with Crippen molar-refractivity contribution in [2.45, 2.75) is 32.5 Å². The van der Waals surface area contributed by atoms with Crippen LogP contribution in [0.3, 0.4) is 0 Å². The summed E-state index contributed by atoms with van der Waals surface area (Å²) < 4.78 is 5.27. The van der Waals surface area contributed by atoms with Crippen LogP contribution in [0.15, 0.2) is 53.2 Å². The minimum Gasteiger partial charge on any atom is -0.459 e. The lowest BCUT2D eigenvalue weighted by molar-refractivity contribution is -0.124. The van der Waals surface area contributed by atoms with E-state index < -0.39 is 5.91 Å². The molecule has 3 rings (SSSR count). The topological polar surface area (TPSA) is 86.0 Å². The van der Waals surface area contributed by atoms with Crippen LogP contribution in [0, 0.1) is 0 Å². The van der Waals surface area contributed by atoms with Crippen molar-refractivity contribution in [1.29, 1.82) is 0 Å². The molecule has 1 aliphatic rings. The molecule has 2 atom stereocenters. The highest BCUT2D eigenvalue weighted by atomic mass is 16.5. The van der Waals surface area contributed by atoms with Gasteiger partial charge in [0.05, 0.1) is 6.26 Å². The van der Waals surface area contributed by atoms with E-state index in [2.05, 4.69) is 18.7 Å². The van der Waals surface area contributed by atoms with Gasteiger partial charge in [0.1, 0.15) is 0 Å². The fourth-order valence-electron chi connectivity index (χ4n) is 3.69. The Morgan fingerprint density at radius 1 is 1.18 bits per heavy atom. The Kier molecular flexibility index (Phi) is 6.28. The first-order valence-corrected chi connectivity index (χ1v) is 9.27. The minimum atomic E-state index is -0.561. The van der Waals surface area contributed by atoms with Crippen molar-refractivity contribution in [3.8, 4) is 0 Å². The SMILES string of the molecule is C[C@@H]1CN(Cc2ccc(C=CC(=O)NO)cc2)C[C@H](C)N1C(=O)c1ccco1. The summed E-state index contributed by atoms with van der Waals surface area (Å²) in [6, 6.07) is 11.5. The number of nitrogens with one attached hydrogen (secondary N) is 1. The molecule has 2 heterocycles. The standard InChI is InChI=1S/C21H25N3O4/c1-15-12-23(13-16(2)24(15)21(26)19-4-3-11-28-19)14-18-7-5-17(6-8-18)9-10-20(25)22-27/h3-11,15-16,27H,12-14H2,1-2H3,(H,22,25)/t15-,16+. The van der Waals surface area contributed by atoms with Gasteiger partial charge in [-0.2, -0.15) is 0 Å². The van der Waals surface area contributed by atoms with Crippen molar-refractivity contribution < 1.29 is 19.2 Å². The van der Waals surface area contributed by atoms with Crippen molar-refractivity contribution in [3.05, 3.63) is 65.6 Å². The molecule has 28 heavy (non-hydrogen) atoms. The van der Waals surface area contributed by atoms with Crippen LogP contribution in [-0.4, -0.2) is 52.0 Å². The van der Waals surface area contributed by atoms with E-state index in [1.54, 1.807) is 23.7 Å². The largest absolute Gasteiger partial charge is 0.459 e. The number of hydrogen-bond donors (Lipinski definition) is 2. The molecule has 7 nitrogen and oxygen atoms in total. The second kappa shape index (κ2) is 8.86. The van der Waals surface area contributed by atoms with Gasteiger partial charge in [-0.1, -0.05) is 24.3 Å². The van der Waals surface area contributed by atoms with E-state index in [4.69, 9.17) is 9.62 Å². The first kappa shape index (κ1) is 19.9. The first-order valence-electron chi connectivity index (χ1n) is 9.27. The molecule has 0 aliphatic carbocycles. The number of carbonyl (C=O) groups is 2. The van der Waals surface area contributed by atoms with Gasteiger partial charge in [-0.3, -0.25) is 19.7 Å². The van der Waals surface area contributed by atoms with Gasteiger partial charge < -0.3 is 9.32 Å². The summed E-state index contributed by atoms with van der Waals surface area (Å²) >= 11 is 0. The summed E-state index contributed by atoms with van der Waals surface area (Å²) in [6.45, 7) is 6.48. The highest BCUT2D eigenvalue weighted by Crippen LogP contribution is 2.21. The second-order valence-electron chi connectivity index (χ2n) is 7.13. The van der Waals surface area contributed by atoms with Crippen LogP contribution in [0.1, 0.15) is 35.5 Å². The lowest BCUT2D eigenvalue weighted by Crippen LogP contribution is -2.58. The maximum absolute atomic E-state index is 12.7. The normalized spacial score (nSPS) is 20.5. The fourth-order valence-corrected chi connectivity index (χ4v) is 3.69. The predicted octanol–water partition coefficient (Wildman–Crippen LogP) is 2.53. The smallest absolute Gasteiger partial charge is 0.290 e. The average Bonchev–Trinajstić information content (AvgIpc) is 3.21. The molecule has 2 aromatic rings. The fraction of sp³-hybridized carbons (Fsp3) is 0.333. The number of benzene rings is 1. The molecule has 7 heteroatoms. The van der Waals surface area contributed by atoms with Crippen LogP contribution < -0.4 is 5.48 Å². The maximum atomic E-state index is 12.7. The molecule has 0 bridgehead atoms. The summed E-state index contributed by atoms with van der Waals surface area (Å²) in [5, 5.41) is 8.50. The monoisotopic (exact) mass is 383 g/mol. The van der Waals surface area contributed by atoms with E-state index in [1.807, 2.05) is 29.2 Å². The Morgan fingerprint density at radius 2 is 1.86 bits per heavy atom. The zero-order chi connectivity index (χ0) is 20.1. The van der Waals surface area contributed by atoms with Crippen LogP contribution in [-0.2, 0) is 11.3 Å². The highest BCUT2D eigenvalue weighted by Gasteiger charge is 2.34. The molecule has 0 unspecified atom stereocenters. The van der Waals surface area contributed by atoms with Gasteiger partial charge >= 0.3 is 0 Å². The van der Waals surface area contributed by atoms with E-state index in [0.717, 1.165) is 30.8 Å². The summed E-state index contributed by atoms with van der Waals surface area (Å²) in [4.78, 5) is 28.0. The Morgan fingerprint density at radius 3 is 2.43 bits per heavy atom. The predicted molar refractivity (Wildman–Crippen MR) is 104 cm³/mol. The molecular weight excluding hydrogens is 358 g/mol. The van der Waals surface area contributed by atoms with Crippen LogP contribution in [0.2, 0.25) is 0 Å². The van der Waals surface area contributed by atoms with Crippen LogP contribution >= 0.6 is 0 Å². The van der Waals surface area contributed by atoms with E-state index >= 15 is 0 Å². The molecule has 148 valence electrons. The number of hydrogen-bond acceptors (Lipinski definition) is 5. The Labute approximate surface area is 164 Å². The van der Waals surface area contributed by atoms with Gasteiger partial charge in [-0.25, -0.2) is 5.48 Å². The minimum absolute atomic E-state index is 0.0623. The van der Waals surface area contributed by atoms with Crippen molar-refractivity contribution in [2.24, 2.45) is 0 Å². The lowest BCUT2D eigenvalue weighted by atomic mass is 10.1. The van der Waals surface area contributed by atoms with Crippen molar-refractivity contribution in [2.75, 3.05) is 13.1 Å². The Balaban J connectivity index is 1.60. The number of piperazine rings is 1. The van der Waals surface area contributed by atoms with E-state index in [0.29, 0.717) is 5.76 Å². The molecule has 2 amide bonds. The highest BCUT2D eigenvalue weighted by molar-refractivity contribution is 5.92. The third kappa shape index (κ3) is 4.68. The zero-order valence-corrected chi connectivity index (χ0v) is 16.0. The molecule has 0 saturated carbocycles. The molecule has 2 N–H and O–H groups in total. The van der Waals surface area contributed by atoms with Crippen LogP contribution in [0.4, 0.5) is 0 Å². The van der Waals surface area contributed by atoms with Crippen molar-refractivity contribution in [3.63, 3.8) is 0 Å². The van der Waals surface area contributed by atoms with Gasteiger partial charge in [0.15, 0.2) is 5.76 Å². The number of rotatable bonds is 5. The second-order valence-corrected chi connectivity index (χ2v) is 7.13. The van der Waals surface area contributed by atoms with Crippen molar-refractivity contribution >= 4 is 17.9 Å². The third-order valence-electron chi connectivity index (χ3n) is 4.88. The zero-order valence-electron chi connectivity index (χ0n) is 16.0. The quantitative estimate of drug-likeness (QED) is 0.471. The molecule has 1 fully saturated rings. The summed E-state index contributed by atoms with van der Waals surface area (Å²) in [5.74, 6) is -0.243. The van der Waals surface area contributed by atoms with Gasteiger partial charge in [0, 0.05) is 37.8 Å². The number of furan rings is 1. The third-order valence-corrected chi connectivity index (χ3v) is 4.88. The van der Waals surface area contributed by atoms with E-state index in [-0.39, 0.29) is 18.0 Å². The molecule has 0 spiro atoms. The molecule has 1 aliphatic heterocycles. The summed E-state index contributed by atoms with van der Waals surface area (Å²) in [7, 11) is 0. The van der Waals surface area contributed by atoms with Crippen molar-refractivity contribution in [1.82, 2.24) is 15.3 Å². The van der Waals surface area contributed by atoms with Gasteiger partial charge in [-0.15, -0.1) is 0 Å². The Bertz CT molecular complexity index is 818. The summed E-state index contributed by atoms with van der Waals surface area (Å²) in [6.07, 6.45) is 4.43. The summed E-state index contributed by atoms with van der Waals surface area (Å²) in [5.41, 5.74) is 3.60.